The maximum Gasteiger partial charge on any atom is 0.305 e. The van der Waals surface area contributed by atoms with Crippen molar-refractivity contribution in [1.29, 1.82) is 0 Å². The summed E-state index contributed by atoms with van der Waals surface area (Å²) in [5.74, 6) is -4.11. The first-order valence-electron chi connectivity index (χ1n) is 11.3. The number of carboxylic acids is 1. The Hall–Kier alpha value is -3.23. The Morgan fingerprint density at radius 2 is 1.66 bits per heavy atom. The van der Waals surface area contributed by atoms with Crippen molar-refractivity contribution in [3.8, 4) is 0 Å². The molecule has 0 saturated carbocycles. The summed E-state index contributed by atoms with van der Waals surface area (Å²) in [6, 6.07) is 1.43. The van der Waals surface area contributed by atoms with Gasteiger partial charge in [-0.1, -0.05) is 43.1 Å². The Balaban J connectivity index is 2.12. The first-order valence-corrected chi connectivity index (χ1v) is 12.9. The van der Waals surface area contributed by atoms with Crippen molar-refractivity contribution in [3.05, 3.63) is 28.2 Å². The number of hydrogen-bond acceptors (Lipinski definition) is 9. The van der Waals surface area contributed by atoms with E-state index in [9.17, 15) is 29.1 Å². The number of halogens is 2. The molecule has 1 aromatic carbocycles. The Kier molecular flexibility index (Phi) is 11.5. The number of Topliss-reactive ketones (excluding diaryl/α,β-unsaturated/α-hetero) is 1. The average molecular weight is 588 g/mol. The molecule has 0 aliphatic heterocycles. The van der Waals surface area contributed by atoms with Crippen LogP contribution in [0, 0.1) is 5.92 Å². The number of aromatic nitrogens is 4. The molecule has 13 nitrogen and oxygen atoms in total. The van der Waals surface area contributed by atoms with Crippen molar-refractivity contribution in [2.75, 3.05) is 0 Å². The van der Waals surface area contributed by atoms with Crippen LogP contribution in [0.5, 0.6) is 0 Å². The summed E-state index contributed by atoms with van der Waals surface area (Å²) in [5.41, 5.74) is 0. The number of ketones is 1. The molecule has 2 rings (SSSR count). The molecule has 206 valence electrons. The monoisotopic (exact) mass is 587 g/mol. The van der Waals surface area contributed by atoms with Crippen molar-refractivity contribution >= 4 is 64.4 Å². The minimum Gasteiger partial charge on any atom is -0.481 e. The molecule has 0 fully saturated rings. The molecule has 3 atom stereocenters. The number of rotatable bonds is 13. The molecule has 0 saturated heterocycles. The number of amides is 3. The number of hydrogen-bond donors (Lipinski definition) is 4. The summed E-state index contributed by atoms with van der Waals surface area (Å²) < 4.78 is 1.12. The Morgan fingerprint density at radius 1 is 1.03 bits per heavy atom. The predicted molar refractivity (Wildman–Crippen MR) is 138 cm³/mol. The number of aliphatic carboxylic acids is 1. The van der Waals surface area contributed by atoms with Crippen LogP contribution >= 0.6 is 35.0 Å². The SMILES string of the molecule is CC(=O)NC(C(=O)NC(C)C(=O)NC(CC(=O)O)C(=O)Cn1nnnc1Sc1c(Cl)cccc1Cl)C(C)C. The standard InChI is InChI=1S/C22H27Cl2N7O6S/c1-10(2)18(26-12(4)32)21(37)25-11(3)20(36)27-15(8-17(34)35)16(33)9-31-22(28-29-30-31)38-19-13(23)6-5-7-14(19)24/h5-7,10-11,15,18H,8-9H2,1-4H3,(H,25,37)(H,26,32)(H,27,36)(H,34,35). The third kappa shape index (κ3) is 8.96. The van der Waals surface area contributed by atoms with Gasteiger partial charge in [-0.05, 0) is 47.2 Å². The van der Waals surface area contributed by atoms with Crippen molar-refractivity contribution < 1.29 is 29.1 Å². The van der Waals surface area contributed by atoms with E-state index in [1.165, 1.54) is 13.8 Å². The molecular formula is C22H27Cl2N7O6S. The molecule has 38 heavy (non-hydrogen) atoms. The van der Waals surface area contributed by atoms with Gasteiger partial charge >= 0.3 is 5.97 Å². The number of benzene rings is 1. The molecule has 2 aromatic rings. The number of carboxylic acid groups (broad SMARTS) is 1. The third-order valence-corrected chi connectivity index (χ3v) is 7.03. The normalized spacial score (nSPS) is 13.3. The van der Waals surface area contributed by atoms with E-state index >= 15 is 0 Å². The van der Waals surface area contributed by atoms with Crippen molar-refractivity contribution in [1.82, 2.24) is 36.2 Å². The molecule has 0 bridgehead atoms. The highest BCUT2D eigenvalue weighted by Gasteiger charge is 2.30. The number of carbonyl (C=O) groups excluding carboxylic acids is 4. The van der Waals surface area contributed by atoms with Crippen molar-refractivity contribution in [3.63, 3.8) is 0 Å². The topological polar surface area (TPSA) is 185 Å². The van der Waals surface area contributed by atoms with Crippen LogP contribution in [0.3, 0.4) is 0 Å². The third-order valence-electron chi connectivity index (χ3n) is 5.06. The van der Waals surface area contributed by atoms with Gasteiger partial charge in [0.15, 0.2) is 5.78 Å². The number of nitrogens with zero attached hydrogens (tertiary/aromatic N) is 4. The lowest BCUT2D eigenvalue weighted by Gasteiger charge is -2.24. The highest BCUT2D eigenvalue weighted by Crippen LogP contribution is 2.37. The summed E-state index contributed by atoms with van der Waals surface area (Å²) >= 11 is 13.4. The maximum absolute atomic E-state index is 13.0. The lowest BCUT2D eigenvalue weighted by Crippen LogP contribution is -2.56. The van der Waals surface area contributed by atoms with Gasteiger partial charge in [0.2, 0.25) is 22.9 Å². The second-order valence-corrected chi connectivity index (χ2v) is 10.3. The Bertz CT molecular complexity index is 1190. The van der Waals surface area contributed by atoms with Gasteiger partial charge in [-0.15, -0.1) is 5.10 Å². The molecule has 0 spiro atoms. The van der Waals surface area contributed by atoms with E-state index in [2.05, 4.69) is 31.5 Å². The first kappa shape index (κ1) is 31.0. The summed E-state index contributed by atoms with van der Waals surface area (Å²) in [4.78, 5) is 61.6. The van der Waals surface area contributed by atoms with E-state index in [4.69, 9.17) is 23.2 Å². The van der Waals surface area contributed by atoms with Crippen LogP contribution in [-0.2, 0) is 30.5 Å². The molecule has 0 aliphatic rings. The van der Waals surface area contributed by atoms with E-state index in [0.717, 1.165) is 16.4 Å². The zero-order chi connectivity index (χ0) is 28.6. The molecular weight excluding hydrogens is 561 g/mol. The lowest BCUT2D eigenvalue weighted by atomic mass is 10.0. The minimum absolute atomic E-state index is 0.159. The minimum atomic E-state index is -1.44. The van der Waals surface area contributed by atoms with Crippen molar-refractivity contribution in [2.24, 2.45) is 5.92 Å². The van der Waals surface area contributed by atoms with Crippen LogP contribution in [0.15, 0.2) is 28.3 Å². The average Bonchev–Trinajstić information content (AvgIpc) is 3.25. The van der Waals surface area contributed by atoms with Gasteiger partial charge in [0.05, 0.1) is 27.4 Å². The van der Waals surface area contributed by atoms with E-state index in [1.54, 1.807) is 32.0 Å². The molecule has 1 heterocycles. The molecule has 0 radical (unpaired) electrons. The highest BCUT2D eigenvalue weighted by atomic mass is 35.5. The summed E-state index contributed by atoms with van der Waals surface area (Å²) in [6.45, 7) is 5.60. The van der Waals surface area contributed by atoms with Gasteiger partial charge in [-0.3, -0.25) is 24.0 Å². The maximum atomic E-state index is 13.0. The largest absolute Gasteiger partial charge is 0.481 e. The van der Waals surface area contributed by atoms with Gasteiger partial charge in [-0.2, -0.15) is 0 Å². The van der Waals surface area contributed by atoms with Gasteiger partial charge in [0, 0.05) is 6.92 Å². The number of nitrogens with one attached hydrogen (secondary N) is 3. The zero-order valence-electron chi connectivity index (χ0n) is 20.9. The quantitative estimate of drug-likeness (QED) is 0.266. The Labute approximate surface area is 232 Å². The fourth-order valence-corrected chi connectivity index (χ4v) is 4.56. The van der Waals surface area contributed by atoms with E-state index in [1.807, 2.05) is 0 Å². The van der Waals surface area contributed by atoms with Crippen molar-refractivity contribution in [2.45, 2.75) is 68.8 Å². The van der Waals surface area contributed by atoms with Gasteiger partial charge < -0.3 is 21.1 Å². The van der Waals surface area contributed by atoms with E-state index in [-0.39, 0.29) is 11.1 Å². The summed E-state index contributed by atoms with van der Waals surface area (Å²) in [5, 5.41) is 28.6. The second-order valence-electron chi connectivity index (χ2n) is 8.55. The van der Waals surface area contributed by atoms with Crippen LogP contribution in [-0.4, -0.2) is 72.9 Å². The van der Waals surface area contributed by atoms with Crippen LogP contribution in [0.25, 0.3) is 0 Å². The van der Waals surface area contributed by atoms with Crippen LogP contribution in [0.2, 0.25) is 10.0 Å². The predicted octanol–water partition coefficient (Wildman–Crippen LogP) is 1.33. The number of tetrazole rings is 1. The molecule has 4 N–H and O–H groups in total. The molecule has 16 heteroatoms. The highest BCUT2D eigenvalue weighted by molar-refractivity contribution is 7.99. The molecule has 0 aliphatic carbocycles. The van der Waals surface area contributed by atoms with Crippen LogP contribution in [0.4, 0.5) is 0 Å². The smallest absolute Gasteiger partial charge is 0.305 e. The van der Waals surface area contributed by atoms with Gasteiger partial charge in [0.1, 0.15) is 18.6 Å². The fourth-order valence-electron chi connectivity index (χ4n) is 3.14. The van der Waals surface area contributed by atoms with Crippen LogP contribution in [0.1, 0.15) is 34.1 Å². The van der Waals surface area contributed by atoms with E-state index < -0.39 is 60.6 Å². The molecule has 3 unspecified atom stereocenters. The molecule has 1 aromatic heterocycles. The zero-order valence-corrected chi connectivity index (χ0v) is 23.2. The second kappa shape index (κ2) is 14.1. The first-order chi connectivity index (χ1) is 17.8. The summed E-state index contributed by atoms with van der Waals surface area (Å²) in [7, 11) is 0. The summed E-state index contributed by atoms with van der Waals surface area (Å²) in [6.07, 6.45) is -0.716. The van der Waals surface area contributed by atoms with Gasteiger partial charge in [-0.25, -0.2) is 4.68 Å². The fraction of sp³-hybridized carbons (Fsp3) is 0.455. The van der Waals surface area contributed by atoms with Gasteiger partial charge in [0.25, 0.3) is 0 Å². The van der Waals surface area contributed by atoms with E-state index in [0.29, 0.717) is 14.9 Å². The Morgan fingerprint density at radius 3 is 2.21 bits per heavy atom. The number of carbonyl (C=O) groups is 5. The lowest BCUT2D eigenvalue weighted by molar-refractivity contribution is -0.140. The van der Waals surface area contributed by atoms with Crippen LogP contribution < -0.4 is 16.0 Å². The molecule has 3 amide bonds.